The third-order valence-electron chi connectivity index (χ3n) is 4.40. The van der Waals surface area contributed by atoms with Gasteiger partial charge in [0, 0.05) is 24.6 Å². The minimum atomic E-state index is 0.201. The number of hydrogen-bond acceptors (Lipinski definition) is 4. The van der Waals surface area contributed by atoms with Crippen molar-refractivity contribution in [3.63, 3.8) is 0 Å². The summed E-state index contributed by atoms with van der Waals surface area (Å²) < 4.78 is 5.81. The van der Waals surface area contributed by atoms with Crippen molar-refractivity contribution >= 4 is 17.2 Å². The van der Waals surface area contributed by atoms with Crippen LogP contribution >= 0.6 is 11.3 Å². The molecule has 1 fully saturated rings. The van der Waals surface area contributed by atoms with Gasteiger partial charge in [-0.05, 0) is 50.3 Å². The molecule has 0 atom stereocenters. The number of piperidine rings is 1. The Hall–Kier alpha value is -0.910. The molecule has 0 radical (unpaired) electrons. The van der Waals surface area contributed by atoms with Gasteiger partial charge in [0.15, 0.2) is 0 Å². The minimum Gasteiger partial charge on any atom is -0.378 e. The van der Waals surface area contributed by atoms with Crippen molar-refractivity contribution < 1.29 is 9.53 Å². The quantitative estimate of drug-likeness (QED) is 0.740. The summed E-state index contributed by atoms with van der Waals surface area (Å²) in [6.07, 6.45) is 6.29. The van der Waals surface area contributed by atoms with E-state index >= 15 is 0 Å². The van der Waals surface area contributed by atoms with Crippen molar-refractivity contribution in [1.82, 2.24) is 4.90 Å². The molecular weight excluding hydrogens is 308 g/mol. The number of carbonyl (C=O) groups excluding carboxylic acids is 1. The van der Waals surface area contributed by atoms with Crippen molar-refractivity contribution in [2.75, 3.05) is 26.2 Å². The molecular formula is C18H30N2O2S. The number of ether oxygens (including phenoxy) is 1. The van der Waals surface area contributed by atoms with Crippen LogP contribution in [0.2, 0.25) is 0 Å². The maximum atomic E-state index is 12.7. The fourth-order valence-electron chi connectivity index (χ4n) is 3.02. The second kappa shape index (κ2) is 9.40. The molecule has 1 aliphatic rings. The van der Waals surface area contributed by atoms with Gasteiger partial charge in [-0.25, -0.2) is 0 Å². The Morgan fingerprint density at radius 2 is 2.13 bits per heavy atom. The Balaban J connectivity index is 1.89. The zero-order valence-corrected chi connectivity index (χ0v) is 15.3. The number of hydrogen-bond donors (Lipinski definition) is 1. The largest absolute Gasteiger partial charge is 0.378 e. The van der Waals surface area contributed by atoms with Crippen LogP contribution in [0.3, 0.4) is 0 Å². The first-order valence-corrected chi connectivity index (χ1v) is 9.73. The first-order chi connectivity index (χ1) is 11.2. The minimum absolute atomic E-state index is 0.201. The van der Waals surface area contributed by atoms with Crippen molar-refractivity contribution in [1.29, 1.82) is 0 Å². The van der Waals surface area contributed by atoms with E-state index in [2.05, 4.69) is 19.9 Å². The van der Waals surface area contributed by atoms with E-state index in [9.17, 15) is 4.79 Å². The molecule has 4 nitrogen and oxygen atoms in total. The second-order valence-electron chi connectivity index (χ2n) is 6.17. The Bertz CT molecular complexity index is 493. The fraction of sp³-hybridized carbons (Fsp3) is 0.722. The SMILES string of the molecule is CCCc1sc(C(=O)N2CCC(OCCCN)CC2)cc1CC. The van der Waals surface area contributed by atoms with Crippen LogP contribution < -0.4 is 5.73 Å². The van der Waals surface area contributed by atoms with Gasteiger partial charge in [-0.1, -0.05) is 20.3 Å². The number of aryl methyl sites for hydroxylation is 2. The first-order valence-electron chi connectivity index (χ1n) is 8.92. The highest BCUT2D eigenvalue weighted by Crippen LogP contribution is 2.27. The number of carbonyl (C=O) groups is 1. The van der Waals surface area contributed by atoms with Gasteiger partial charge in [-0.15, -0.1) is 11.3 Å². The lowest BCUT2D eigenvalue weighted by molar-refractivity contribution is 0.00857. The summed E-state index contributed by atoms with van der Waals surface area (Å²) in [6, 6.07) is 2.11. The van der Waals surface area contributed by atoms with E-state index in [1.807, 2.05) is 4.90 Å². The van der Waals surface area contributed by atoms with E-state index in [-0.39, 0.29) is 12.0 Å². The molecule has 1 aliphatic heterocycles. The van der Waals surface area contributed by atoms with Gasteiger partial charge in [0.25, 0.3) is 5.91 Å². The molecule has 23 heavy (non-hydrogen) atoms. The average molecular weight is 339 g/mol. The highest BCUT2D eigenvalue weighted by Gasteiger charge is 2.25. The molecule has 1 aromatic heterocycles. The van der Waals surface area contributed by atoms with Gasteiger partial charge < -0.3 is 15.4 Å². The Labute approximate surface area is 144 Å². The number of amides is 1. The molecule has 2 heterocycles. The van der Waals surface area contributed by atoms with E-state index in [1.165, 1.54) is 10.4 Å². The third-order valence-corrected chi connectivity index (χ3v) is 5.62. The molecule has 1 aromatic rings. The molecule has 130 valence electrons. The molecule has 0 bridgehead atoms. The lowest BCUT2D eigenvalue weighted by Gasteiger charge is -2.31. The van der Waals surface area contributed by atoms with Gasteiger partial charge in [0.05, 0.1) is 11.0 Å². The third kappa shape index (κ3) is 5.03. The van der Waals surface area contributed by atoms with E-state index in [1.54, 1.807) is 11.3 Å². The normalized spacial score (nSPS) is 16.0. The average Bonchev–Trinajstić information content (AvgIpc) is 2.98. The predicted molar refractivity (Wildman–Crippen MR) is 96.2 cm³/mol. The Morgan fingerprint density at radius 3 is 2.74 bits per heavy atom. The number of likely N-dealkylation sites (tertiary alicyclic amines) is 1. The topological polar surface area (TPSA) is 55.6 Å². The number of rotatable bonds is 8. The Kier molecular flexibility index (Phi) is 7.53. The lowest BCUT2D eigenvalue weighted by Crippen LogP contribution is -2.40. The molecule has 0 saturated carbocycles. The number of thiophene rings is 1. The summed E-state index contributed by atoms with van der Waals surface area (Å²) in [5.41, 5.74) is 6.83. The van der Waals surface area contributed by atoms with Crippen LogP contribution in [0.4, 0.5) is 0 Å². The first kappa shape index (κ1) is 18.4. The molecule has 1 amide bonds. The van der Waals surface area contributed by atoms with Crippen LogP contribution in [0, 0.1) is 0 Å². The summed E-state index contributed by atoms with van der Waals surface area (Å²) in [6.45, 7) is 7.37. The summed E-state index contributed by atoms with van der Waals surface area (Å²) in [5, 5.41) is 0. The molecule has 1 saturated heterocycles. The van der Waals surface area contributed by atoms with Crippen molar-refractivity contribution in [2.45, 2.75) is 58.5 Å². The summed E-state index contributed by atoms with van der Waals surface area (Å²) in [7, 11) is 0. The maximum absolute atomic E-state index is 12.7. The van der Waals surface area contributed by atoms with E-state index in [0.29, 0.717) is 6.54 Å². The summed E-state index contributed by atoms with van der Waals surface area (Å²) in [4.78, 5) is 17.0. The van der Waals surface area contributed by atoms with Crippen LogP contribution in [0.5, 0.6) is 0 Å². The van der Waals surface area contributed by atoms with Crippen LogP contribution in [0.1, 0.15) is 59.6 Å². The smallest absolute Gasteiger partial charge is 0.263 e. The summed E-state index contributed by atoms with van der Waals surface area (Å²) >= 11 is 1.69. The predicted octanol–water partition coefficient (Wildman–Crippen LogP) is 3.23. The molecule has 2 rings (SSSR count). The molecule has 0 unspecified atom stereocenters. The highest BCUT2D eigenvalue weighted by molar-refractivity contribution is 7.14. The molecule has 2 N–H and O–H groups in total. The fourth-order valence-corrected chi connectivity index (χ4v) is 4.35. The van der Waals surface area contributed by atoms with Crippen LogP contribution in [-0.2, 0) is 17.6 Å². The standard InChI is InChI=1S/C18H30N2O2S/c1-3-6-16-14(4-2)13-17(23-16)18(21)20-10-7-15(8-11-20)22-12-5-9-19/h13,15H,3-12,19H2,1-2H3. The molecule has 0 spiro atoms. The van der Waals surface area contributed by atoms with Gasteiger partial charge in [-0.3, -0.25) is 4.79 Å². The van der Waals surface area contributed by atoms with Crippen LogP contribution in [-0.4, -0.2) is 43.2 Å². The molecule has 0 aliphatic carbocycles. The van der Waals surface area contributed by atoms with Crippen molar-refractivity contribution in [3.05, 3.63) is 21.4 Å². The number of nitrogens with two attached hydrogens (primary N) is 1. The highest BCUT2D eigenvalue weighted by atomic mass is 32.1. The van der Waals surface area contributed by atoms with Crippen molar-refractivity contribution in [2.24, 2.45) is 5.73 Å². The van der Waals surface area contributed by atoms with Crippen molar-refractivity contribution in [3.8, 4) is 0 Å². The van der Waals surface area contributed by atoms with Gasteiger partial charge in [-0.2, -0.15) is 0 Å². The van der Waals surface area contributed by atoms with Gasteiger partial charge in [0.2, 0.25) is 0 Å². The number of nitrogens with zero attached hydrogens (tertiary/aromatic N) is 1. The van der Waals surface area contributed by atoms with Gasteiger partial charge >= 0.3 is 0 Å². The van der Waals surface area contributed by atoms with E-state index in [4.69, 9.17) is 10.5 Å². The van der Waals surface area contributed by atoms with E-state index < -0.39 is 0 Å². The Morgan fingerprint density at radius 1 is 1.39 bits per heavy atom. The van der Waals surface area contributed by atoms with Gasteiger partial charge in [0.1, 0.15) is 0 Å². The lowest BCUT2D eigenvalue weighted by atomic mass is 10.1. The van der Waals surface area contributed by atoms with Crippen LogP contribution in [0.25, 0.3) is 0 Å². The van der Waals surface area contributed by atoms with Crippen LogP contribution in [0.15, 0.2) is 6.07 Å². The molecule has 5 heteroatoms. The second-order valence-corrected chi connectivity index (χ2v) is 7.30. The summed E-state index contributed by atoms with van der Waals surface area (Å²) in [5.74, 6) is 0.201. The molecule has 0 aromatic carbocycles. The van der Waals surface area contributed by atoms with E-state index in [0.717, 1.165) is 63.1 Å². The maximum Gasteiger partial charge on any atom is 0.263 e. The zero-order valence-electron chi connectivity index (χ0n) is 14.5. The monoisotopic (exact) mass is 338 g/mol. The zero-order chi connectivity index (χ0) is 16.7.